The van der Waals surface area contributed by atoms with Crippen LogP contribution in [0.3, 0.4) is 0 Å². The molecule has 0 unspecified atom stereocenters. The van der Waals surface area contributed by atoms with E-state index in [1.54, 1.807) is 43.6 Å². The van der Waals surface area contributed by atoms with Gasteiger partial charge < -0.3 is 20.1 Å². The van der Waals surface area contributed by atoms with Crippen LogP contribution in [0.4, 0.5) is 11.4 Å². The van der Waals surface area contributed by atoms with Gasteiger partial charge in [-0.25, -0.2) is 4.79 Å². The Morgan fingerprint density at radius 2 is 1.80 bits per heavy atom. The minimum atomic E-state index is -0.389. The number of pyridine rings is 1. The Morgan fingerprint density at radius 1 is 1.04 bits per heavy atom. The number of carbonyl (C=O) groups excluding carboxylic acids is 2. The maximum Gasteiger partial charge on any atom is 0.337 e. The van der Waals surface area contributed by atoms with E-state index in [-0.39, 0.29) is 11.9 Å². The van der Waals surface area contributed by atoms with Gasteiger partial charge in [0.25, 0.3) is 5.91 Å². The molecule has 0 aliphatic rings. The highest BCUT2D eigenvalue weighted by Gasteiger charge is 2.08. The van der Waals surface area contributed by atoms with E-state index in [1.165, 1.54) is 13.3 Å². The summed E-state index contributed by atoms with van der Waals surface area (Å²) in [4.78, 5) is 27.6. The summed E-state index contributed by atoms with van der Waals surface area (Å²) in [5.41, 5.74) is 2.38. The van der Waals surface area contributed by atoms with E-state index < -0.39 is 0 Å². The first-order valence-corrected chi connectivity index (χ1v) is 7.81. The summed E-state index contributed by atoms with van der Waals surface area (Å²) in [6, 6.07) is 8.54. The molecule has 25 heavy (non-hydrogen) atoms. The van der Waals surface area contributed by atoms with Crippen molar-refractivity contribution in [3.8, 4) is 0 Å². The largest absolute Gasteiger partial charge is 0.465 e. The van der Waals surface area contributed by atoms with Gasteiger partial charge in [-0.05, 0) is 36.8 Å². The summed E-state index contributed by atoms with van der Waals surface area (Å²) in [5, 5.41) is 5.96. The number of hydrogen-bond acceptors (Lipinski definition) is 6. The average Bonchev–Trinajstić information content (AvgIpc) is 2.65. The molecule has 1 heterocycles. The molecule has 7 nitrogen and oxygen atoms in total. The topological polar surface area (TPSA) is 89.5 Å². The Kier molecular flexibility index (Phi) is 6.91. The lowest BCUT2D eigenvalue weighted by molar-refractivity contribution is 0.0600. The van der Waals surface area contributed by atoms with Crippen LogP contribution in [0.5, 0.6) is 0 Å². The van der Waals surface area contributed by atoms with Crippen molar-refractivity contribution < 1.29 is 19.1 Å². The first-order chi connectivity index (χ1) is 12.1. The molecule has 2 N–H and O–H groups in total. The number of nitrogens with one attached hydrogen (secondary N) is 2. The van der Waals surface area contributed by atoms with E-state index >= 15 is 0 Å². The van der Waals surface area contributed by atoms with Gasteiger partial charge in [0.2, 0.25) is 0 Å². The van der Waals surface area contributed by atoms with Crippen molar-refractivity contribution in [1.82, 2.24) is 10.3 Å². The van der Waals surface area contributed by atoms with Gasteiger partial charge in [0.15, 0.2) is 0 Å². The van der Waals surface area contributed by atoms with Crippen molar-refractivity contribution in [3.63, 3.8) is 0 Å². The van der Waals surface area contributed by atoms with Crippen LogP contribution in [0.25, 0.3) is 0 Å². The lowest BCUT2D eigenvalue weighted by Crippen LogP contribution is -2.25. The smallest absolute Gasteiger partial charge is 0.337 e. The number of hydrogen-bond donors (Lipinski definition) is 2. The van der Waals surface area contributed by atoms with E-state index in [0.29, 0.717) is 30.0 Å². The highest BCUT2D eigenvalue weighted by Crippen LogP contribution is 2.17. The summed E-state index contributed by atoms with van der Waals surface area (Å²) >= 11 is 0. The third-order valence-corrected chi connectivity index (χ3v) is 3.41. The molecule has 1 aromatic heterocycles. The molecule has 7 heteroatoms. The Bertz CT molecular complexity index is 717. The van der Waals surface area contributed by atoms with E-state index in [2.05, 4.69) is 20.4 Å². The minimum Gasteiger partial charge on any atom is -0.465 e. The van der Waals surface area contributed by atoms with Crippen molar-refractivity contribution in [1.29, 1.82) is 0 Å². The molecule has 0 atom stereocenters. The van der Waals surface area contributed by atoms with Crippen LogP contribution in [0.1, 0.15) is 27.1 Å². The van der Waals surface area contributed by atoms with Crippen molar-refractivity contribution >= 4 is 23.3 Å². The summed E-state index contributed by atoms with van der Waals surface area (Å²) in [5.74, 6) is -0.575. The van der Waals surface area contributed by atoms with Crippen LogP contribution in [-0.2, 0) is 9.47 Å². The van der Waals surface area contributed by atoms with Crippen LogP contribution < -0.4 is 10.6 Å². The Labute approximate surface area is 146 Å². The molecule has 0 spiro atoms. The lowest BCUT2D eigenvalue weighted by Gasteiger charge is -2.09. The Hall–Kier alpha value is -2.93. The van der Waals surface area contributed by atoms with Gasteiger partial charge in [0.05, 0.1) is 30.1 Å². The first kappa shape index (κ1) is 18.4. The van der Waals surface area contributed by atoms with Gasteiger partial charge in [-0.3, -0.25) is 9.78 Å². The zero-order valence-electron chi connectivity index (χ0n) is 14.2. The molecular weight excluding hydrogens is 322 g/mol. The van der Waals surface area contributed by atoms with E-state index in [1.807, 2.05) is 0 Å². The van der Waals surface area contributed by atoms with Crippen molar-refractivity contribution in [2.24, 2.45) is 0 Å². The van der Waals surface area contributed by atoms with E-state index in [4.69, 9.17) is 4.74 Å². The van der Waals surface area contributed by atoms with Crippen LogP contribution >= 0.6 is 0 Å². The summed E-state index contributed by atoms with van der Waals surface area (Å²) in [7, 11) is 2.96. The number of methoxy groups -OCH3 is 2. The number of rotatable bonds is 8. The van der Waals surface area contributed by atoms with Gasteiger partial charge in [-0.2, -0.15) is 0 Å². The van der Waals surface area contributed by atoms with Gasteiger partial charge in [-0.15, -0.1) is 0 Å². The molecular formula is C18H21N3O4. The van der Waals surface area contributed by atoms with E-state index in [9.17, 15) is 9.59 Å². The van der Waals surface area contributed by atoms with Crippen LogP contribution in [0.15, 0.2) is 42.7 Å². The molecule has 0 aliphatic carbocycles. The number of aromatic nitrogens is 1. The van der Waals surface area contributed by atoms with Gasteiger partial charge in [-0.1, -0.05) is 0 Å². The highest BCUT2D eigenvalue weighted by molar-refractivity contribution is 5.95. The molecule has 132 valence electrons. The monoisotopic (exact) mass is 343 g/mol. The normalized spacial score (nSPS) is 10.2. The van der Waals surface area contributed by atoms with Crippen molar-refractivity contribution in [2.45, 2.75) is 6.42 Å². The number of nitrogens with zero attached hydrogens (tertiary/aromatic N) is 1. The zero-order chi connectivity index (χ0) is 18.1. The van der Waals surface area contributed by atoms with Gasteiger partial charge in [0, 0.05) is 32.1 Å². The molecule has 0 fully saturated rings. The lowest BCUT2D eigenvalue weighted by atomic mass is 10.2. The fraction of sp³-hybridized carbons (Fsp3) is 0.278. The molecule has 0 aliphatic heterocycles. The maximum absolute atomic E-state index is 12.1. The van der Waals surface area contributed by atoms with Gasteiger partial charge >= 0.3 is 5.97 Å². The number of benzene rings is 1. The number of carbonyl (C=O) groups is 2. The molecule has 0 radical (unpaired) electrons. The first-order valence-electron chi connectivity index (χ1n) is 7.81. The van der Waals surface area contributed by atoms with Crippen LogP contribution in [-0.4, -0.2) is 44.2 Å². The predicted octanol–water partition coefficient (Wildman–Crippen LogP) is 2.38. The minimum absolute atomic E-state index is 0.187. The van der Waals surface area contributed by atoms with Crippen molar-refractivity contribution in [3.05, 3.63) is 53.9 Å². The van der Waals surface area contributed by atoms with E-state index in [0.717, 1.165) is 12.1 Å². The fourth-order valence-corrected chi connectivity index (χ4v) is 2.13. The molecule has 2 aromatic rings. The van der Waals surface area contributed by atoms with Crippen LogP contribution in [0, 0.1) is 0 Å². The third-order valence-electron chi connectivity index (χ3n) is 3.41. The van der Waals surface area contributed by atoms with Crippen LogP contribution in [0.2, 0.25) is 0 Å². The number of anilines is 2. The second-order valence-electron chi connectivity index (χ2n) is 5.26. The molecule has 2 rings (SSSR count). The van der Waals surface area contributed by atoms with Gasteiger partial charge in [0.1, 0.15) is 0 Å². The predicted molar refractivity (Wildman–Crippen MR) is 94.1 cm³/mol. The molecule has 0 saturated carbocycles. The SMILES string of the molecule is COCCCNC(=O)c1cncc(Nc2ccc(C(=O)OC)cc2)c1. The summed E-state index contributed by atoms with van der Waals surface area (Å²) in [6.07, 6.45) is 3.88. The Morgan fingerprint density at radius 3 is 2.48 bits per heavy atom. The summed E-state index contributed by atoms with van der Waals surface area (Å²) < 4.78 is 9.60. The number of amides is 1. The molecule has 0 saturated heterocycles. The highest BCUT2D eigenvalue weighted by atomic mass is 16.5. The summed E-state index contributed by atoms with van der Waals surface area (Å²) in [6.45, 7) is 1.14. The molecule has 0 bridgehead atoms. The second-order valence-corrected chi connectivity index (χ2v) is 5.26. The fourth-order valence-electron chi connectivity index (χ4n) is 2.13. The number of esters is 1. The second kappa shape index (κ2) is 9.39. The maximum atomic E-state index is 12.1. The third kappa shape index (κ3) is 5.58. The quantitative estimate of drug-likeness (QED) is 0.565. The average molecular weight is 343 g/mol. The zero-order valence-corrected chi connectivity index (χ0v) is 14.2. The molecule has 1 aromatic carbocycles. The molecule has 1 amide bonds. The van der Waals surface area contributed by atoms with Crippen molar-refractivity contribution in [2.75, 3.05) is 32.7 Å². The Balaban J connectivity index is 1.98. The standard InChI is InChI=1S/C18H21N3O4/c1-24-9-3-8-20-17(22)14-10-16(12-19-11-14)21-15-6-4-13(5-7-15)18(23)25-2/h4-7,10-12,21H,3,8-9H2,1-2H3,(H,20,22). The number of ether oxygens (including phenoxy) is 2.